The molecule has 0 aliphatic heterocycles. The number of rotatable bonds is 12. The van der Waals surface area contributed by atoms with Crippen LogP contribution in [0.2, 0.25) is 0 Å². The average molecular weight is 482 g/mol. The van der Waals surface area contributed by atoms with Crippen LogP contribution in [0.25, 0.3) is 6.08 Å². The van der Waals surface area contributed by atoms with Gasteiger partial charge in [-0.25, -0.2) is 0 Å². The molecule has 0 saturated carbocycles. The molecule has 0 aromatic heterocycles. The van der Waals surface area contributed by atoms with Gasteiger partial charge in [0, 0.05) is 5.56 Å². The summed E-state index contributed by atoms with van der Waals surface area (Å²) in [5, 5.41) is 0. The van der Waals surface area contributed by atoms with Gasteiger partial charge in [-0.05, 0) is 41.5 Å². The molecule has 0 fully saturated rings. The van der Waals surface area contributed by atoms with E-state index >= 15 is 0 Å². The first-order valence-corrected chi connectivity index (χ1v) is 11.2. The summed E-state index contributed by atoms with van der Waals surface area (Å²) in [7, 11) is 5.88. The molecule has 3 aromatic rings. The van der Waals surface area contributed by atoms with E-state index in [1.165, 1.54) is 27.4 Å². The second-order valence-electron chi connectivity index (χ2n) is 6.98. The van der Waals surface area contributed by atoms with Crippen LogP contribution in [-0.4, -0.2) is 34.2 Å². The largest absolute Gasteiger partial charge is 0.493 e. The number of benzene rings is 3. The summed E-state index contributed by atoms with van der Waals surface area (Å²) in [4.78, 5) is 12.8. The van der Waals surface area contributed by atoms with Gasteiger partial charge in [0.2, 0.25) is 14.8 Å². The van der Waals surface area contributed by atoms with E-state index in [-0.39, 0.29) is 14.8 Å². The number of hydrogen-bond acceptors (Lipinski definition) is 7. The molecule has 0 saturated heterocycles. The second-order valence-corrected chi connectivity index (χ2v) is 7.64. The Labute approximate surface area is 201 Å². The summed E-state index contributed by atoms with van der Waals surface area (Å²) in [6, 6.07) is 18.5. The first-order valence-electron chi connectivity index (χ1n) is 10.4. The monoisotopic (exact) mass is 482 g/mol. The highest BCUT2D eigenvalue weighted by molar-refractivity contribution is 7.26. The highest BCUT2D eigenvalue weighted by atomic mass is 31.1. The van der Waals surface area contributed by atoms with Crippen molar-refractivity contribution >= 4 is 20.9 Å². The predicted octanol–water partition coefficient (Wildman–Crippen LogP) is 5.72. The average Bonchev–Trinajstić information content (AvgIpc) is 2.89. The summed E-state index contributed by atoms with van der Waals surface area (Å²) in [6.07, 6.45) is 3.17. The Morgan fingerprint density at radius 2 is 1.47 bits per heavy atom. The smallest absolute Gasteiger partial charge is 0.215 e. The molecule has 0 N–H and O–H groups in total. The zero-order valence-corrected chi connectivity index (χ0v) is 20.5. The maximum absolute atomic E-state index is 12.8. The van der Waals surface area contributed by atoms with E-state index in [1.807, 2.05) is 36.4 Å². The summed E-state index contributed by atoms with van der Waals surface area (Å²) in [5.74, 6) is 2.13. The molecule has 3 aromatic carbocycles. The SMILES string of the molecule is COc1ccc(/C=C/C(=O)c2cc(OC)c(OC)c(OC)c2)cc1OPOCc1ccccc1. The zero-order chi connectivity index (χ0) is 24.3. The number of ketones is 1. The van der Waals surface area contributed by atoms with Crippen molar-refractivity contribution in [1.29, 1.82) is 0 Å². The molecule has 0 heterocycles. The molecular formula is C26H27O7P. The quantitative estimate of drug-likeness (QED) is 0.141. The summed E-state index contributed by atoms with van der Waals surface area (Å²) in [6.45, 7) is 0.449. The Bertz CT molecular complexity index is 1100. The van der Waals surface area contributed by atoms with Crippen LogP contribution in [-0.2, 0) is 11.1 Å². The standard InChI is InChI=1S/C26H27O7P/c1-28-22-13-11-18(14-23(22)33-34-32-17-19-8-6-5-7-9-19)10-12-21(27)20-15-24(29-2)26(31-4)25(16-20)30-3/h5-16,34H,17H2,1-4H3/b12-10+. The van der Waals surface area contributed by atoms with Gasteiger partial charge in [-0.1, -0.05) is 42.5 Å². The molecule has 7 nitrogen and oxygen atoms in total. The van der Waals surface area contributed by atoms with Gasteiger partial charge in [0.15, 0.2) is 28.8 Å². The Morgan fingerprint density at radius 3 is 2.09 bits per heavy atom. The van der Waals surface area contributed by atoms with Crippen molar-refractivity contribution in [2.45, 2.75) is 6.61 Å². The number of methoxy groups -OCH3 is 4. The second kappa shape index (κ2) is 12.6. The van der Waals surface area contributed by atoms with E-state index in [0.717, 1.165) is 11.1 Å². The van der Waals surface area contributed by atoms with Gasteiger partial charge in [0.05, 0.1) is 35.0 Å². The molecule has 0 bridgehead atoms. The molecule has 0 amide bonds. The van der Waals surface area contributed by atoms with Crippen LogP contribution in [0, 0.1) is 0 Å². The third-order valence-corrected chi connectivity index (χ3v) is 5.42. The van der Waals surface area contributed by atoms with Gasteiger partial charge in [-0.3, -0.25) is 4.79 Å². The fraction of sp³-hybridized carbons (Fsp3) is 0.192. The Balaban J connectivity index is 1.70. The number of hydrogen-bond donors (Lipinski definition) is 0. The highest BCUT2D eigenvalue weighted by Gasteiger charge is 2.16. The van der Waals surface area contributed by atoms with Crippen LogP contribution in [0.5, 0.6) is 28.7 Å². The van der Waals surface area contributed by atoms with Crippen molar-refractivity contribution < 1.29 is 32.8 Å². The van der Waals surface area contributed by atoms with Crippen molar-refractivity contribution in [1.82, 2.24) is 0 Å². The molecule has 8 heteroatoms. The highest BCUT2D eigenvalue weighted by Crippen LogP contribution is 2.38. The fourth-order valence-corrected chi connectivity index (χ4v) is 3.66. The number of allylic oxidation sites excluding steroid dienone is 1. The van der Waals surface area contributed by atoms with Crippen LogP contribution in [0.3, 0.4) is 0 Å². The lowest BCUT2D eigenvalue weighted by Gasteiger charge is -2.13. The molecule has 0 radical (unpaired) electrons. The van der Waals surface area contributed by atoms with Crippen LogP contribution in [0.1, 0.15) is 21.5 Å². The predicted molar refractivity (Wildman–Crippen MR) is 133 cm³/mol. The van der Waals surface area contributed by atoms with Crippen molar-refractivity contribution in [3.63, 3.8) is 0 Å². The zero-order valence-electron chi connectivity index (χ0n) is 19.5. The molecule has 0 aliphatic rings. The topological polar surface area (TPSA) is 72.5 Å². The van der Waals surface area contributed by atoms with Gasteiger partial charge in [-0.2, -0.15) is 0 Å². The molecule has 1 unspecified atom stereocenters. The van der Waals surface area contributed by atoms with Crippen LogP contribution >= 0.6 is 9.03 Å². The van der Waals surface area contributed by atoms with Crippen LogP contribution < -0.4 is 23.5 Å². The van der Waals surface area contributed by atoms with Gasteiger partial charge < -0.3 is 28.0 Å². The van der Waals surface area contributed by atoms with Crippen LogP contribution in [0.15, 0.2) is 66.7 Å². The minimum absolute atomic E-state index is 0.209. The van der Waals surface area contributed by atoms with Crippen molar-refractivity contribution in [3.05, 3.63) is 83.4 Å². The van der Waals surface area contributed by atoms with E-state index in [9.17, 15) is 4.79 Å². The van der Waals surface area contributed by atoms with Crippen molar-refractivity contribution in [2.24, 2.45) is 0 Å². The van der Waals surface area contributed by atoms with E-state index < -0.39 is 0 Å². The molecule has 0 aliphatic carbocycles. The fourth-order valence-electron chi connectivity index (χ4n) is 3.13. The molecule has 1 atom stereocenters. The minimum atomic E-state index is -0.217. The summed E-state index contributed by atoms with van der Waals surface area (Å²) >= 11 is 0. The number of ether oxygens (including phenoxy) is 4. The third-order valence-electron chi connectivity index (χ3n) is 4.86. The van der Waals surface area contributed by atoms with Gasteiger partial charge >= 0.3 is 0 Å². The van der Waals surface area contributed by atoms with E-state index in [4.69, 9.17) is 28.0 Å². The van der Waals surface area contributed by atoms with Gasteiger partial charge in [0.25, 0.3) is 0 Å². The molecule has 178 valence electrons. The lowest BCUT2D eigenvalue weighted by atomic mass is 10.1. The van der Waals surface area contributed by atoms with Crippen molar-refractivity contribution in [3.8, 4) is 28.7 Å². The first kappa shape index (κ1) is 25.1. The molecular weight excluding hydrogens is 455 g/mol. The summed E-state index contributed by atoms with van der Waals surface area (Å²) in [5.41, 5.74) is 2.24. The molecule has 3 rings (SSSR count). The Morgan fingerprint density at radius 1 is 0.794 bits per heavy atom. The Hall–Kier alpha value is -3.54. The normalized spacial score (nSPS) is 11.1. The maximum Gasteiger partial charge on any atom is 0.215 e. The number of carbonyl (C=O) groups excluding carboxylic acids is 1. The number of carbonyl (C=O) groups is 1. The van der Waals surface area contributed by atoms with Crippen molar-refractivity contribution in [2.75, 3.05) is 28.4 Å². The third kappa shape index (κ3) is 6.50. The first-order chi connectivity index (χ1) is 16.6. The minimum Gasteiger partial charge on any atom is -0.493 e. The maximum atomic E-state index is 12.8. The molecule has 0 spiro atoms. The van der Waals surface area contributed by atoms with E-state index in [2.05, 4.69) is 0 Å². The van der Waals surface area contributed by atoms with Gasteiger partial charge in [0.1, 0.15) is 0 Å². The Kier molecular flexibility index (Phi) is 9.32. The van der Waals surface area contributed by atoms with Gasteiger partial charge in [-0.15, -0.1) is 0 Å². The lowest BCUT2D eigenvalue weighted by Crippen LogP contribution is -2.00. The lowest BCUT2D eigenvalue weighted by molar-refractivity contribution is 0.104. The molecule has 34 heavy (non-hydrogen) atoms. The van der Waals surface area contributed by atoms with Crippen LogP contribution in [0.4, 0.5) is 0 Å². The van der Waals surface area contributed by atoms with E-state index in [1.54, 1.807) is 37.5 Å². The van der Waals surface area contributed by atoms with E-state index in [0.29, 0.717) is 40.9 Å². The summed E-state index contributed by atoms with van der Waals surface area (Å²) < 4.78 is 32.7.